The van der Waals surface area contributed by atoms with E-state index in [1.807, 2.05) is 35.2 Å². The zero-order valence-electron chi connectivity index (χ0n) is 17.8. The fraction of sp³-hybridized carbons (Fsp3) is 0.636. The smallest absolute Gasteiger partial charge is 0.290 e. The fourth-order valence-corrected chi connectivity index (χ4v) is 4.23. The van der Waals surface area contributed by atoms with Crippen molar-refractivity contribution in [1.29, 1.82) is 0 Å². The van der Waals surface area contributed by atoms with Crippen molar-refractivity contribution in [3.63, 3.8) is 0 Å². The molecule has 0 spiro atoms. The van der Waals surface area contributed by atoms with Gasteiger partial charge in [0, 0.05) is 57.6 Å². The Balaban J connectivity index is 0.00000101. The molecule has 2 atom stereocenters. The summed E-state index contributed by atoms with van der Waals surface area (Å²) in [6.45, 7) is 5.53. The number of hydrogen-bond acceptors (Lipinski definition) is 6. The Morgan fingerprint density at radius 3 is 2.40 bits per heavy atom. The summed E-state index contributed by atoms with van der Waals surface area (Å²) in [7, 11) is 2.13. The maximum absolute atomic E-state index is 12.8. The Hall–Kier alpha value is -2.00. The van der Waals surface area contributed by atoms with Gasteiger partial charge in [-0.3, -0.25) is 9.59 Å². The molecule has 2 fully saturated rings. The molecular formula is C22H35N3O5. The fourth-order valence-electron chi connectivity index (χ4n) is 4.23. The van der Waals surface area contributed by atoms with E-state index < -0.39 is 11.5 Å². The van der Waals surface area contributed by atoms with E-state index >= 15 is 0 Å². The predicted molar refractivity (Wildman–Crippen MR) is 114 cm³/mol. The van der Waals surface area contributed by atoms with Gasteiger partial charge in [0.1, 0.15) is 0 Å². The predicted octanol–water partition coefficient (Wildman–Crippen LogP) is 0.139. The van der Waals surface area contributed by atoms with E-state index in [1.54, 1.807) is 0 Å². The maximum atomic E-state index is 12.8. The number of hydrogen-bond donors (Lipinski definition) is 3. The number of likely N-dealkylation sites (tertiary alicyclic amines) is 1. The first kappa shape index (κ1) is 24.3. The van der Waals surface area contributed by atoms with E-state index in [2.05, 4.69) is 16.8 Å². The summed E-state index contributed by atoms with van der Waals surface area (Å²) in [4.78, 5) is 27.7. The van der Waals surface area contributed by atoms with Crippen LogP contribution in [0, 0.1) is 5.41 Å². The van der Waals surface area contributed by atoms with Crippen molar-refractivity contribution in [2.75, 3.05) is 59.5 Å². The largest absolute Gasteiger partial charge is 0.483 e. The maximum Gasteiger partial charge on any atom is 0.290 e. The molecule has 3 N–H and O–H groups in total. The Bertz CT molecular complexity index is 651. The second-order valence-corrected chi connectivity index (χ2v) is 8.30. The van der Waals surface area contributed by atoms with E-state index in [1.165, 1.54) is 0 Å². The molecule has 1 amide bonds. The summed E-state index contributed by atoms with van der Waals surface area (Å²) < 4.78 is 0. The Morgan fingerprint density at radius 2 is 1.80 bits per heavy atom. The van der Waals surface area contributed by atoms with Gasteiger partial charge in [0.25, 0.3) is 6.47 Å². The van der Waals surface area contributed by atoms with Gasteiger partial charge >= 0.3 is 0 Å². The van der Waals surface area contributed by atoms with Gasteiger partial charge in [-0.2, -0.15) is 0 Å². The van der Waals surface area contributed by atoms with E-state index in [9.17, 15) is 15.0 Å². The van der Waals surface area contributed by atoms with Crippen molar-refractivity contribution >= 4 is 12.4 Å². The highest BCUT2D eigenvalue weighted by Gasteiger charge is 2.43. The van der Waals surface area contributed by atoms with E-state index in [0.717, 1.165) is 38.3 Å². The van der Waals surface area contributed by atoms with Crippen LogP contribution in [0.3, 0.4) is 0 Å². The van der Waals surface area contributed by atoms with Crippen LogP contribution >= 0.6 is 0 Å². The molecule has 2 aliphatic rings. The van der Waals surface area contributed by atoms with Gasteiger partial charge in [0.05, 0.1) is 12.7 Å². The molecule has 2 aliphatic heterocycles. The van der Waals surface area contributed by atoms with Gasteiger partial charge in [-0.1, -0.05) is 30.3 Å². The quantitative estimate of drug-likeness (QED) is 0.561. The third-order valence-corrected chi connectivity index (χ3v) is 6.19. The summed E-state index contributed by atoms with van der Waals surface area (Å²) in [5.41, 5.74) is 0.403. The van der Waals surface area contributed by atoms with Crippen molar-refractivity contribution in [3.05, 3.63) is 35.9 Å². The first-order valence-corrected chi connectivity index (χ1v) is 10.5. The van der Waals surface area contributed by atoms with Crippen LogP contribution in [0.4, 0.5) is 0 Å². The van der Waals surface area contributed by atoms with Crippen LogP contribution < -0.4 is 0 Å². The van der Waals surface area contributed by atoms with Crippen LogP contribution in [0.25, 0.3) is 0 Å². The number of aliphatic hydroxyl groups is 2. The zero-order chi connectivity index (χ0) is 22.0. The van der Waals surface area contributed by atoms with Crippen LogP contribution in [0.5, 0.6) is 0 Å². The lowest BCUT2D eigenvalue weighted by atomic mass is 9.73. The van der Waals surface area contributed by atoms with Crippen LogP contribution in [0.2, 0.25) is 0 Å². The molecular weight excluding hydrogens is 386 g/mol. The normalized spacial score (nSPS) is 25.3. The minimum absolute atomic E-state index is 0.120. The standard InChI is InChI=1S/C21H33N3O3.CH2O2/c1-22-11-13-23(14-12-22)9-8-20(27)24-10-7-19(26)21(16-24,17-25)15-18-5-3-2-4-6-18;2-1-3/h2-6,19,25-26H,7-17H2,1H3;1H,(H,2,3)/t19-,21+;/m1./s1. The monoisotopic (exact) mass is 421 g/mol. The summed E-state index contributed by atoms with van der Waals surface area (Å²) in [5.74, 6) is 0.131. The minimum atomic E-state index is -0.677. The SMILES string of the molecule is CN1CCN(CCC(=O)N2CC[C@@H](O)[C@@](CO)(Cc3ccccc3)C2)CC1.O=CO. The molecule has 3 rings (SSSR count). The number of aliphatic hydroxyl groups excluding tert-OH is 2. The molecule has 8 heteroatoms. The first-order chi connectivity index (χ1) is 14.4. The lowest BCUT2D eigenvalue weighted by Crippen LogP contribution is -2.56. The molecule has 0 bridgehead atoms. The first-order valence-electron chi connectivity index (χ1n) is 10.5. The van der Waals surface area contributed by atoms with Crippen molar-refractivity contribution in [2.45, 2.75) is 25.4 Å². The second-order valence-electron chi connectivity index (χ2n) is 8.30. The van der Waals surface area contributed by atoms with Gasteiger partial charge in [-0.05, 0) is 25.5 Å². The number of piperazine rings is 1. The second kappa shape index (κ2) is 12.0. The van der Waals surface area contributed by atoms with Crippen molar-refractivity contribution in [2.24, 2.45) is 5.41 Å². The lowest BCUT2D eigenvalue weighted by Gasteiger charge is -2.45. The van der Waals surface area contributed by atoms with Crippen molar-refractivity contribution in [1.82, 2.24) is 14.7 Å². The molecule has 0 radical (unpaired) electrons. The van der Waals surface area contributed by atoms with Crippen LogP contribution in [0.1, 0.15) is 18.4 Å². The topological polar surface area (TPSA) is 105 Å². The van der Waals surface area contributed by atoms with Gasteiger partial charge < -0.3 is 30.0 Å². The number of benzene rings is 1. The molecule has 2 heterocycles. The Morgan fingerprint density at radius 1 is 1.17 bits per heavy atom. The molecule has 8 nitrogen and oxygen atoms in total. The highest BCUT2D eigenvalue weighted by atomic mass is 16.3. The summed E-state index contributed by atoms with van der Waals surface area (Å²) >= 11 is 0. The number of carbonyl (C=O) groups excluding carboxylic acids is 1. The lowest BCUT2D eigenvalue weighted by molar-refractivity contribution is -0.142. The molecule has 0 aliphatic carbocycles. The molecule has 2 saturated heterocycles. The number of carboxylic acid groups (broad SMARTS) is 1. The number of piperidine rings is 1. The summed E-state index contributed by atoms with van der Waals surface area (Å²) in [6.07, 6.45) is 1.01. The number of nitrogens with zero attached hydrogens (tertiary/aromatic N) is 3. The van der Waals surface area contributed by atoms with Crippen molar-refractivity contribution in [3.8, 4) is 0 Å². The molecule has 0 aromatic heterocycles. The molecule has 168 valence electrons. The number of carbonyl (C=O) groups is 2. The van der Waals surface area contributed by atoms with Gasteiger partial charge in [-0.25, -0.2) is 0 Å². The molecule has 1 aromatic carbocycles. The summed E-state index contributed by atoms with van der Waals surface area (Å²) in [6, 6.07) is 9.92. The average molecular weight is 422 g/mol. The van der Waals surface area contributed by atoms with Gasteiger partial charge in [-0.15, -0.1) is 0 Å². The van der Waals surface area contributed by atoms with Crippen molar-refractivity contribution < 1.29 is 24.9 Å². The van der Waals surface area contributed by atoms with E-state index in [4.69, 9.17) is 9.90 Å². The van der Waals surface area contributed by atoms with Crippen LogP contribution in [-0.2, 0) is 16.0 Å². The van der Waals surface area contributed by atoms with E-state index in [-0.39, 0.29) is 19.0 Å². The molecule has 0 saturated carbocycles. The number of amides is 1. The molecule has 0 unspecified atom stereocenters. The highest BCUT2D eigenvalue weighted by molar-refractivity contribution is 5.76. The van der Waals surface area contributed by atoms with Crippen LogP contribution in [0.15, 0.2) is 30.3 Å². The number of likely N-dealkylation sites (N-methyl/N-ethyl adjacent to an activating group) is 1. The Kier molecular flexibility index (Phi) is 9.71. The van der Waals surface area contributed by atoms with E-state index in [0.29, 0.717) is 32.4 Å². The number of rotatable bonds is 6. The third kappa shape index (κ3) is 6.77. The average Bonchev–Trinajstić information content (AvgIpc) is 2.76. The third-order valence-electron chi connectivity index (χ3n) is 6.19. The van der Waals surface area contributed by atoms with Crippen LogP contribution in [-0.4, -0.2) is 108 Å². The zero-order valence-corrected chi connectivity index (χ0v) is 17.8. The minimum Gasteiger partial charge on any atom is -0.483 e. The molecule has 30 heavy (non-hydrogen) atoms. The van der Waals surface area contributed by atoms with Gasteiger partial charge in [0.15, 0.2) is 0 Å². The molecule has 1 aromatic rings. The Labute approximate surface area is 178 Å². The summed E-state index contributed by atoms with van der Waals surface area (Å²) in [5, 5.41) is 27.6. The van der Waals surface area contributed by atoms with Gasteiger partial charge in [0.2, 0.25) is 5.91 Å². The highest BCUT2D eigenvalue weighted by Crippen LogP contribution is 2.34.